The van der Waals surface area contributed by atoms with Gasteiger partial charge in [-0.05, 0) is 37.0 Å². The van der Waals surface area contributed by atoms with E-state index in [1.165, 1.54) is 11.3 Å². The van der Waals surface area contributed by atoms with E-state index in [0.29, 0.717) is 43.3 Å². The van der Waals surface area contributed by atoms with Gasteiger partial charge in [0.1, 0.15) is 12.4 Å². The number of benzene rings is 1. The minimum absolute atomic E-state index is 0.0928. The van der Waals surface area contributed by atoms with Gasteiger partial charge in [0.05, 0.1) is 11.2 Å². The van der Waals surface area contributed by atoms with Crippen LogP contribution in [0.2, 0.25) is 0 Å². The van der Waals surface area contributed by atoms with Gasteiger partial charge < -0.3 is 15.0 Å². The lowest BCUT2D eigenvalue weighted by atomic mass is 10.0. The fraction of sp³-hybridized carbons (Fsp3) is 0.476. The van der Waals surface area contributed by atoms with Gasteiger partial charge in [-0.25, -0.2) is 4.98 Å². The number of nitrogens with one attached hydrogen (secondary N) is 1. The molecule has 1 N–H and O–H groups in total. The summed E-state index contributed by atoms with van der Waals surface area (Å²) in [6.45, 7) is 5.90. The number of rotatable bonds is 7. The van der Waals surface area contributed by atoms with E-state index < -0.39 is 0 Å². The van der Waals surface area contributed by atoms with Crippen LogP contribution in [-0.4, -0.2) is 40.8 Å². The van der Waals surface area contributed by atoms with Gasteiger partial charge in [-0.3, -0.25) is 9.59 Å². The molecule has 0 bridgehead atoms. The summed E-state index contributed by atoms with van der Waals surface area (Å²) >= 11 is 1.53. The maximum absolute atomic E-state index is 12.6. The van der Waals surface area contributed by atoms with Crippen molar-refractivity contribution in [3.63, 3.8) is 0 Å². The molecule has 1 aliphatic heterocycles. The molecule has 28 heavy (non-hydrogen) atoms. The van der Waals surface area contributed by atoms with Gasteiger partial charge >= 0.3 is 0 Å². The second-order valence-electron chi connectivity index (χ2n) is 7.52. The number of hydrogen-bond acceptors (Lipinski definition) is 5. The molecule has 1 aromatic heterocycles. The smallest absolute Gasteiger partial charge is 0.251 e. The van der Waals surface area contributed by atoms with Gasteiger partial charge in [0.15, 0.2) is 0 Å². The van der Waals surface area contributed by atoms with Crippen molar-refractivity contribution in [1.29, 1.82) is 0 Å². The molecule has 0 unspecified atom stereocenters. The molecule has 1 aromatic carbocycles. The lowest BCUT2D eigenvalue weighted by Crippen LogP contribution is -2.46. The highest BCUT2D eigenvalue weighted by Crippen LogP contribution is 2.17. The Hall–Kier alpha value is -2.41. The Bertz CT molecular complexity index is 784. The summed E-state index contributed by atoms with van der Waals surface area (Å²) in [5.74, 6) is 1.13. The molecule has 1 aliphatic rings. The first-order chi connectivity index (χ1) is 13.5. The van der Waals surface area contributed by atoms with Crippen LogP contribution in [0.3, 0.4) is 0 Å². The second-order valence-corrected chi connectivity index (χ2v) is 8.24. The van der Waals surface area contributed by atoms with Crippen LogP contribution in [0.15, 0.2) is 35.2 Å². The Kier molecular flexibility index (Phi) is 7.03. The molecule has 3 rings (SSSR count). The molecule has 2 aromatic rings. The number of aromatic nitrogens is 1. The number of likely N-dealkylation sites (tertiary alicyclic amines) is 1. The summed E-state index contributed by atoms with van der Waals surface area (Å²) in [7, 11) is 0. The van der Waals surface area contributed by atoms with Crippen LogP contribution in [0.1, 0.15) is 49.2 Å². The highest BCUT2D eigenvalue weighted by molar-refractivity contribution is 7.07. The van der Waals surface area contributed by atoms with Crippen molar-refractivity contribution in [2.45, 2.75) is 45.8 Å². The van der Waals surface area contributed by atoms with Crippen LogP contribution >= 0.6 is 11.3 Å². The van der Waals surface area contributed by atoms with Gasteiger partial charge in [-0.2, -0.15) is 0 Å². The largest absolute Gasteiger partial charge is 0.487 e. The fourth-order valence-corrected chi connectivity index (χ4v) is 3.76. The second kappa shape index (κ2) is 9.68. The van der Waals surface area contributed by atoms with E-state index in [4.69, 9.17) is 4.74 Å². The van der Waals surface area contributed by atoms with E-state index >= 15 is 0 Å². The van der Waals surface area contributed by atoms with E-state index in [-0.39, 0.29) is 17.9 Å². The maximum atomic E-state index is 12.6. The molecule has 6 nitrogen and oxygen atoms in total. The van der Waals surface area contributed by atoms with Crippen LogP contribution in [0.4, 0.5) is 0 Å². The number of thiazole rings is 1. The van der Waals surface area contributed by atoms with E-state index in [0.717, 1.165) is 18.5 Å². The minimum Gasteiger partial charge on any atom is -0.487 e. The van der Waals surface area contributed by atoms with Crippen molar-refractivity contribution >= 4 is 23.2 Å². The molecule has 0 atom stereocenters. The SMILES string of the molecule is CC(C)CC(=O)N1CCC(NC(=O)c2cccc(OCc3cscn3)c2)CC1. The fourth-order valence-electron chi connectivity index (χ4n) is 3.21. The van der Waals surface area contributed by atoms with E-state index in [1.54, 1.807) is 17.6 Å². The van der Waals surface area contributed by atoms with Crippen molar-refractivity contribution in [2.24, 2.45) is 5.92 Å². The van der Waals surface area contributed by atoms with Gasteiger partial charge in [-0.15, -0.1) is 11.3 Å². The number of hydrogen-bond donors (Lipinski definition) is 1. The number of carbonyl (C=O) groups is 2. The number of nitrogens with zero attached hydrogens (tertiary/aromatic N) is 2. The Morgan fingerprint density at radius 1 is 1.32 bits per heavy atom. The van der Waals surface area contributed by atoms with Crippen LogP contribution in [0.5, 0.6) is 5.75 Å². The number of ether oxygens (including phenoxy) is 1. The zero-order valence-electron chi connectivity index (χ0n) is 16.4. The zero-order valence-corrected chi connectivity index (χ0v) is 17.2. The molecule has 150 valence electrons. The standard InChI is InChI=1S/C21H27N3O3S/c1-15(2)10-20(25)24-8-6-17(7-9-24)23-21(26)16-4-3-5-19(11-16)27-12-18-13-28-14-22-18/h3-5,11,13-15,17H,6-10,12H2,1-2H3,(H,23,26). The molecule has 2 heterocycles. The molecule has 1 saturated heterocycles. The Morgan fingerprint density at radius 3 is 2.79 bits per heavy atom. The first-order valence-electron chi connectivity index (χ1n) is 9.70. The third kappa shape index (κ3) is 5.79. The molecular weight excluding hydrogens is 374 g/mol. The first kappa shape index (κ1) is 20.3. The summed E-state index contributed by atoms with van der Waals surface area (Å²) in [5.41, 5.74) is 3.22. The number of piperidine rings is 1. The van der Waals surface area contributed by atoms with Crippen molar-refractivity contribution in [3.8, 4) is 5.75 Å². The predicted octanol–water partition coefficient (Wildman–Crippen LogP) is 3.49. The highest BCUT2D eigenvalue weighted by Gasteiger charge is 2.24. The summed E-state index contributed by atoms with van der Waals surface area (Å²) in [4.78, 5) is 30.9. The third-order valence-corrected chi connectivity index (χ3v) is 5.37. The van der Waals surface area contributed by atoms with Crippen LogP contribution < -0.4 is 10.1 Å². The Labute approximate surface area is 169 Å². The summed E-state index contributed by atoms with van der Waals surface area (Å²) in [6.07, 6.45) is 2.16. The van der Waals surface area contributed by atoms with E-state index in [1.807, 2.05) is 22.4 Å². The normalized spacial score (nSPS) is 14.9. The van der Waals surface area contributed by atoms with Crippen LogP contribution in [0.25, 0.3) is 0 Å². The number of amides is 2. The van der Waals surface area contributed by atoms with Crippen LogP contribution in [-0.2, 0) is 11.4 Å². The highest BCUT2D eigenvalue weighted by atomic mass is 32.1. The molecule has 0 aliphatic carbocycles. The summed E-state index contributed by atoms with van der Waals surface area (Å²) in [6, 6.07) is 7.28. The molecule has 0 radical (unpaired) electrons. The summed E-state index contributed by atoms with van der Waals surface area (Å²) < 4.78 is 5.72. The molecule has 2 amide bonds. The lowest BCUT2D eigenvalue weighted by Gasteiger charge is -2.32. The van der Waals surface area contributed by atoms with Crippen LogP contribution in [0, 0.1) is 5.92 Å². The molecule has 1 fully saturated rings. The van der Waals surface area contributed by atoms with Crippen molar-refractivity contribution in [2.75, 3.05) is 13.1 Å². The average Bonchev–Trinajstić information content (AvgIpc) is 3.20. The molecule has 7 heteroatoms. The quantitative estimate of drug-likeness (QED) is 0.771. The lowest BCUT2D eigenvalue weighted by molar-refractivity contribution is -0.133. The molecule has 0 saturated carbocycles. The Morgan fingerprint density at radius 2 is 2.11 bits per heavy atom. The van der Waals surface area contributed by atoms with Gasteiger partial charge in [0.25, 0.3) is 5.91 Å². The average molecular weight is 402 g/mol. The van der Waals surface area contributed by atoms with Gasteiger partial charge in [0.2, 0.25) is 5.91 Å². The topological polar surface area (TPSA) is 71.5 Å². The maximum Gasteiger partial charge on any atom is 0.251 e. The number of carbonyl (C=O) groups excluding carboxylic acids is 2. The first-order valence-corrected chi connectivity index (χ1v) is 10.6. The monoisotopic (exact) mass is 401 g/mol. The van der Waals surface area contributed by atoms with Crippen molar-refractivity contribution < 1.29 is 14.3 Å². The van der Waals surface area contributed by atoms with Crippen molar-refractivity contribution in [3.05, 3.63) is 46.4 Å². The van der Waals surface area contributed by atoms with Crippen molar-refractivity contribution in [1.82, 2.24) is 15.2 Å². The molecular formula is C21H27N3O3S. The summed E-state index contributed by atoms with van der Waals surface area (Å²) in [5, 5.41) is 5.03. The Balaban J connectivity index is 1.48. The van der Waals surface area contributed by atoms with Gasteiger partial charge in [-0.1, -0.05) is 19.9 Å². The van der Waals surface area contributed by atoms with E-state index in [2.05, 4.69) is 24.1 Å². The van der Waals surface area contributed by atoms with E-state index in [9.17, 15) is 9.59 Å². The molecule has 0 spiro atoms. The zero-order chi connectivity index (χ0) is 19.9. The van der Waals surface area contributed by atoms with Gasteiger partial charge in [0, 0.05) is 36.5 Å². The minimum atomic E-state index is -0.105. The predicted molar refractivity (Wildman–Crippen MR) is 109 cm³/mol. The third-order valence-electron chi connectivity index (χ3n) is 4.73.